The van der Waals surface area contributed by atoms with Gasteiger partial charge in [0.2, 0.25) is 0 Å². The number of hydrogen-bond donors (Lipinski definition) is 3. The van der Waals surface area contributed by atoms with Gasteiger partial charge >= 0.3 is 12.0 Å². The van der Waals surface area contributed by atoms with Crippen LogP contribution >= 0.6 is 0 Å². The highest BCUT2D eigenvalue weighted by Gasteiger charge is 2.32. The van der Waals surface area contributed by atoms with Gasteiger partial charge in [0, 0.05) is 19.1 Å². The van der Waals surface area contributed by atoms with Gasteiger partial charge in [0.1, 0.15) is 0 Å². The second-order valence-corrected chi connectivity index (χ2v) is 5.78. The molecule has 7 heteroatoms. The molecule has 0 radical (unpaired) electrons. The Morgan fingerprint density at radius 1 is 1.19 bits per heavy atom. The first kappa shape index (κ1) is 16.0. The summed E-state index contributed by atoms with van der Waals surface area (Å²) in [6.07, 6.45) is 3.56. The number of carbonyl (C=O) groups excluding carboxylic acids is 1. The summed E-state index contributed by atoms with van der Waals surface area (Å²) in [5, 5.41) is 20.6. The van der Waals surface area contributed by atoms with Gasteiger partial charge < -0.3 is 25.2 Å². The summed E-state index contributed by atoms with van der Waals surface area (Å²) in [4.78, 5) is 24.8. The summed E-state index contributed by atoms with van der Waals surface area (Å²) in [6, 6.07) is -0.131. The average molecular weight is 300 g/mol. The number of carboxylic acids is 1. The van der Waals surface area contributed by atoms with E-state index < -0.39 is 5.97 Å². The second-order valence-electron chi connectivity index (χ2n) is 5.78. The Bertz CT molecular complexity index is 368. The van der Waals surface area contributed by atoms with Crippen LogP contribution in [0.1, 0.15) is 32.1 Å². The Morgan fingerprint density at radius 2 is 1.90 bits per heavy atom. The number of amides is 2. The zero-order chi connectivity index (χ0) is 15.2. The van der Waals surface area contributed by atoms with E-state index in [1.165, 1.54) is 0 Å². The molecule has 2 fully saturated rings. The lowest BCUT2D eigenvalue weighted by Crippen LogP contribution is -2.48. The molecule has 1 saturated carbocycles. The van der Waals surface area contributed by atoms with E-state index >= 15 is 0 Å². The van der Waals surface area contributed by atoms with Crippen LogP contribution in [0.4, 0.5) is 4.79 Å². The molecule has 1 saturated heterocycles. The molecule has 0 aromatic heterocycles. The second kappa shape index (κ2) is 7.61. The lowest BCUT2D eigenvalue weighted by Gasteiger charge is -2.32. The van der Waals surface area contributed by atoms with Gasteiger partial charge in [-0.1, -0.05) is 0 Å². The third kappa shape index (κ3) is 4.57. The normalized spacial score (nSPS) is 26.8. The molecule has 2 unspecified atom stereocenters. The highest BCUT2D eigenvalue weighted by Crippen LogP contribution is 2.26. The first-order valence-corrected chi connectivity index (χ1v) is 7.61. The van der Waals surface area contributed by atoms with E-state index in [-0.39, 0.29) is 30.7 Å². The molecule has 1 aliphatic heterocycles. The van der Waals surface area contributed by atoms with E-state index in [1.54, 1.807) is 4.90 Å². The zero-order valence-corrected chi connectivity index (χ0v) is 12.2. The molecule has 0 aromatic carbocycles. The lowest BCUT2D eigenvalue weighted by molar-refractivity contribution is -0.141. The van der Waals surface area contributed by atoms with Crippen LogP contribution < -0.4 is 5.32 Å². The summed E-state index contributed by atoms with van der Waals surface area (Å²) in [6.45, 7) is 1.64. The van der Waals surface area contributed by atoms with Gasteiger partial charge in [-0.2, -0.15) is 0 Å². The number of piperidine rings is 1. The minimum Gasteiger partial charge on any atom is -0.481 e. The molecule has 2 aliphatic rings. The Hall–Kier alpha value is -1.34. The molecule has 3 N–H and O–H groups in total. The smallest absolute Gasteiger partial charge is 0.317 e. The number of likely N-dealkylation sites (tertiary alicyclic amines) is 1. The number of nitrogens with zero attached hydrogens (tertiary/aromatic N) is 1. The summed E-state index contributed by atoms with van der Waals surface area (Å²) < 4.78 is 5.46. The molecule has 0 bridgehead atoms. The maximum atomic E-state index is 12.1. The minimum absolute atomic E-state index is 0.0210. The molecule has 21 heavy (non-hydrogen) atoms. The predicted octanol–water partition coefficient (Wildman–Crippen LogP) is 0.423. The van der Waals surface area contributed by atoms with Crippen LogP contribution in [0.2, 0.25) is 0 Å². The van der Waals surface area contributed by atoms with Crippen molar-refractivity contribution in [3.05, 3.63) is 0 Å². The van der Waals surface area contributed by atoms with Crippen LogP contribution in [0.5, 0.6) is 0 Å². The van der Waals surface area contributed by atoms with E-state index in [9.17, 15) is 9.59 Å². The molecule has 2 atom stereocenters. The highest BCUT2D eigenvalue weighted by atomic mass is 16.5. The molecule has 0 spiro atoms. The van der Waals surface area contributed by atoms with Crippen LogP contribution in [-0.4, -0.2) is 65.6 Å². The molecule has 1 heterocycles. The molecule has 2 amide bonds. The van der Waals surface area contributed by atoms with E-state index in [2.05, 4.69) is 5.32 Å². The first-order chi connectivity index (χ1) is 10.1. The Kier molecular flexibility index (Phi) is 5.81. The van der Waals surface area contributed by atoms with Crippen molar-refractivity contribution in [2.45, 2.75) is 44.2 Å². The topological polar surface area (TPSA) is 99.1 Å². The van der Waals surface area contributed by atoms with Gasteiger partial charge in [0.15, 0.2) is 0 Å². The standard InChI is InChI=1S/C14H24N2O5/c17-7-8-21-12-3-5-16(6-4-12)14(20)15-11-2-1-10(9-11)13(18)19/h10-12,17H,1-9H2,(H,15,20)(H,18,19). The quantitative estimate of drug-likeness (QED) is 0.683. The fourth-order valence-electron chi connectivity index (χ4n) is 3.05. The predicted molar refractivity (Wildman–Crippen MR) is 74.9 cm³/mol. The Balaban J connectivity index is 1.69. The third-order valence-corrected chi connectivity index (χ3v) is 4.28. The number of aliphatic hydroxyl groups is 1. The number of aliphatic hydroxyl groups excluding tert-OH is 1. The number of ether oxygens (including phenoxy) is 1. The van der Waals surface area contributed by atoms with E-state index in [0.717, 1.165) is 19.3 Å². The van der Waals surface area contributed by atoms with Crippen LogP contribution in [-0.2, 0) is 9.53 Å². The summed E-state index contributed by atoms with van der Waals surface area (Å²) in [5.41, 5.74) is 0. The van der Waals surface area contributed by atoms with Crippen molar-refractivity contribution in [2.24, 2.45) is 5.92 Å². The van der Waals surface area contributed by atoms with E-state index in [0.29, 0.717) is 32.5 Å². The molecule has 120 valence electrons. The van der Waals surface area contributed by atoms with Crippen LogP contribution in [0.25, 0.3) is 0 Å². The van der Waals surface area contributed by atoms with Crippen molar-refractivity contribution < 1.29 is 24.5 Å². The van der Waals surface area contributed by atoms with Crippen molar-refractivity contribution >= 4 is 12.0 Å². The monoisotopic (exact) mass is 300 g/mol. The minimum atomic E-state index is -0.770. The molecule has 0 aromatic rings. The summed E-state index contributed by atoms with van der Waals surface area (Å²) in [7, 11) is 0. The average Bonchev–Trinajstić information content (AvgIpc) is 2.94. The number of hydrogen-bond acceptors (Lipinski definition) is 4. The van der Waals surface area contributed by atoms with Gasteiger partial charge in [-0.05, 0) is 32.1 Å². The number of urea groups is 1. The SMILES string of the molecule is O=C(O)C1CCC(NC(=O)N2CCC(OCCO)CC2)C1. The zero-order valence-electron chi connectivity index (χ0n) is 12.2. The maximum Gasteiger partial charge on any atom is 0.317 e. The summed E-state index contributed by atoms with van der Waals surface area (Å²) >= 11 is 0. The van der Waals surface area contributed by atoms with Gasteiger partial charge in [0.25, 0.3) is 0 Å². The third-order valence-electron chi connectivity index (χ3n) is 4.28. The Labute approximate surface area is 124 Å². The fraction of sp³-hybridized carbons (Fsp3) is 0.857. The number of carboxylic acid groups (broad SMARTS) is 1. The van der Waals surface area contributed by atoms with Crippen molar-refractivity contribution in [3.63, 3.8) is 0 Å². The number of carbonyl (C=O) groups is 2. The van der Waals surface area contributed by atoms with E-state index in [1.807, 2.05) is 0 Å². The van der Waals surface area contributed by atoms with E-state index in [4.69, 9.17) is 14.9 Å². The molecular formula is C14H24N2O5. The largest absolute Gasteiger partial charge is 0.481 e. The molecular weight excluding hydrogens is 276 g/mol. The van der Waals surface area contributed by atoms with Crippen LogP contribution in [0.15, 0.2) is 0 Å². The number of nitrogens with one attached hydrogen (secondary N) is 1. The number of rotatable bonds is 5. The van der Waals surface area contributed by atoms with Crippen LogP contribution in [0.3, 0.4) is 0 Å². The summed E-state index contributed by atoms with van der Waals surface area (Å²) in [5.74, 6) is -1.10. The van der Waals surface area contributed by atoms with Crippen molar-refractivity contribution in [1.29, 1.82) is 0 Å². The van der Waals surface area contributed by atoms with Crippen molar-refractivity contribution in [2.75, 3.05) is 26.3 Å². The van der Waals surface area contributed by atoms with Gasteiger partial charge in [-0.15, -0.1) is 0 Å². The van der Waals surface area contributed by atoms with Gasteiger partial charge in [0.05, 0.1) is 25.2 Å². The molecule has 1 aliphatic carbocycles. The highest BCUT2D eigenvalue weighted by molar-refractivity contribution is 5.75. The lowest BCUT2D eigenvalue weighted by atomic mass is 10.1. The Morgan fingerprint density at radius 3 is 2.48 bits per heavy atom. The van der Waals surface area contributed by atoms with Crippen LogP contribution in [0, 0.1) is 5.92 Å². The molecule has 7 nitrogen and oxygen atoms in total. The van der Waals surface area contributed by atoms with Crippen molar-refractivity contribution in [1.82, 2.24) is 10.2 Å². The number of aliphatic carboxylic acids is 1. The molecule has 2 rings (SSSR count). The van der Waals surface area contributed by atoms with Gasteiger partial charge in [-0.25, -0.2) is 4.79 Å². The first-order valence-electron chi connectivity index (χ1n) is 7.61. The fourth-order valence-corrected chi connectivity index (χ4v) is 3.05. The maximum absolute atomic E-state index is 12.1. The van der Waals surface area contributed by atoms with Gasteiger partial charge in [-0.3, -0.25) is 4.79 Å². The van der Waals surface area contributed by atoms with Crippen molar-refractivity contribution in [3.8, 4) is 0 Å².